The Labute approximate surface area is 110 Å². The van der Waals surface area contributed by atoms with Gasteiger partial charge in [0.2, 0.25) is 0 Å². The number of phenols is 1. The minimum absolute atomic E-state index is 0.170. The average molecular weight is 284 g/mol. The van der Waals surface area contributed by atoms with Gasteiger partial charge in [-0.2, -0.15) is 13.2 Å². The Balaban J connectivity index is 2.37. The van der Waals surface area contributed by atoms with Crippen molar-refractivity contribution in [1.82, 2.24) is 4.98 Å². The summed E-state index contributed by atoms with van der Waals surface area (Å²) >= 11 is 0. The van der Waals surface area contributed by atoms with Crippen LogP contribution in [0.1, 0.15) is 5.56 Å². The van der Waals surface area contributed by atoms with E-state index in [1.54, 1.807) is 0 Å². The number of hydrogen-bond acceptors (Lipinski definition) is 4. The third kappa shape index (κ3) is 2.68. The number of aromatic nitrogens is 1. The van der Waals surface area contributed by atoms with Crippen LogP contribution in [0.5, 0.6) is 5.75 Å². The number of nitro groups is 1. The molecule has 1 N–H and O–H groups in total. The summed E-state index contributed by atoms with van der Waals surface area (Å²) in [6, 6.07) is 5.41. The zero-order valence-corrected chi connectivity index (χ0v) is 9.76. The van der Waals surface area contributed by atoms with Crippen LogP contribution in [0.2, 0.25) is 0 Å². The second kappa shape index (κ2) is 4.80. The lowest BCUT2D eigenvalue weighted by Crippen LogP contribution is -2.05. The fourth-order valence-electron chi connectivity index (χ4n) is 1.57. The smallest absolute Gasteiger partial charge is 0.417 e. The molecule has 0 aliphatic rings. The van der Waals surface area contributed by atoms with Crippen LogP contribution in [0.25, 0.3) is 11.3 Å². The third-order valence-corrected chi connectivity index (χ3v) is 2.56. The minimum Gasteiger partial charge on any atom is -0.502 e. The molecule has 0 atom stereocenters. The van der Waals surface area contributed by atoms with Crippen molar-refractivity contribution in [3.05, 3.63) is 52.2 Å². The Morgan fingerprint density at radius 3 is 2.35 bits per heavy atom. The minimum atomic E-state index is -4.48. The van der Waals surface area contributed by atoms with Gasteiger partial charge >= 0.3 is 11.9 Å². The quantitative estimate of drug-likeness (QED) is 0.677. The number of rotatable bonds is 2. The number of phenolic OH excluding ortho intramolecular Hbond substituents is 1. The molecule has 0 unspecified atom stereocenters. The molecule has 1 aromatic carbocycles. The molecule has 8 heteroatoms. The number of nitrogens with zero attached hydrogens (tertiary/aromatic N) is 2. The predicted octanol–water partition coefficient (Wildman–Crippen LogP) is 3.38. The molecule has 0 spiro atoms. The van der Waals surface area contributed by atoms with E-state index in [2.05, 4.69) is 4.98 Å². The topological polar surface area (TPSA) is 76.3 Å². The van der Waals surface area contributed by atoms with Gasteiger partial charge in [-0.05, 0) is 24.3 Å². The Morgan fingerprint density at radius 2 is 1.90 bits per heavy atom. The zero-order chi connectivity index (χ0) is 14.9. The van der Waals surface area contributed by atoms with Gasteiger partial charge in [-0.25, -0.2) is 0 Å². The van der Waals surface area contributed by atoms with Crippen LogP contribution in [0.3, 0.4) is 0 Å². The fourth-order valence-corrected chi connectivity index (χ4v) is 1.57. The molecular weight excluding hydrogens is 277 g/mol. The third-order valence-electron chi connectivity index (χ3n) is 2.56. The molecule has 0 saturated heterocycles. The molecule has 5 nitrogen and oxygen atoms in total. The molecule has 0 amide bonds. The highest BCUT2D eigenvalue weighted by molar-refractivity contribution is 5.65. The molecular formula is C12H7F3N2O3. The number of aromatic hydroxyl groups is 1. The Morgan fingerprint density at radius 1 is 1.20 bits per heavy atom. The molecule has 0 aliphatic carbocycles. The van der Waals surface area contributed by atoms with E-state index in [1.165, 1.54) is 6.07 Å². The molecule has 2 rings (SSSR count). The summed E-state index contributed by atoms with van der Waals surface area (Å²) in [5.41, 5.74) is -0.932. The molecule has 2 aromatic rings. The molecule has 0 radical (unpaired) electrons. The number of halogens is 3. The van der Waals surface area contributed by atoms with Crippen molar-refractivity contribution in [3.63, 3.8) is 0 Å². The predicted molar refractivity (Wildman–Crippen MR) is 63.0 cm³/mol. The van der Waals surface area contributed by atoms with Crippen molar-refractivity contribution in [3.8, 4) is 17.0 Å². The fraction of sp³-hybridized carbons (Fsp3) is 0.0833. The van der Waals surface area contributed by atoms with Crippen LogP contribution in [0.4, 0.5) is 18.9 Å². The van der Waals surface area contributed by atoms with Crippen molar-refractivity contribution >= 4 is 5.69 Å². The Bertz CT molecular complexity index is 654. The molecule has 1 aromatic heterocycles. The van der Waals surface area contributed by atoms with E-state index in [0.717, 1.165) is 24.3 Å². The summed E-state index contributed by atoms with van der Waals surface area (Å²) < 4.78 is 37.1. The summed E-state index contributed by atoms with van der Waals surface area (Å²) in [5, 5.41) is 20.0. The van der Waals surface area contributed by atoms with Crippen molar-refractivity contribution in [1.29, 1.82) is 0 Å². The summed E-state index contributed by atoms with van der Waals surface area (Å²) in [6.07, 6.45) is -3.82. The van der Waals surface area contributed by atoms with Gasteiger partial charge < -0.3 is 5.11 Å². The molecule has 0 fully saturated rings. The normalized spacial score (nSPS) is 11.3. The molecule has 20 heavy (non-hydrogen) atoms. The highest BCUT2D eigenvalue weighted by atomic mass is 19.4. The second-order valence-electron chi connectivity index (χ2n) is 3.89. The summed E-state index contributed by atoms with van der Waals surface area (Å²) in [5.74, 6) is -0.575. The maximum Gasteiger partial charge on any atom is 0.417 e. The first-order valence-electron chi connectivity index (χ1n) is 5.30. The summed E-state index contributed by atoms with van der Waals surface area (Å²) in [6.45, 7) is 0. The molecule has 0 bridgehead atoms. The first kappa shape index (κ1) is 13.8. The van der Waals surface area contributed by atoms with Crippen LogP contribution >= 0.6 is 0 Å². The first-order chi connectivity index (χ1) is 9.29. The van der Waals surface area contributed by atoms with E-state index in [-0.39, 0.29) is 11.3 Å². The van der Waals surface area contributed by atoms with Crippen LogP contribution in [-0.4, -0.2) is 15.0 Å². The zero-order valence-electron chi connectivity index (χ0n) is 9.76. The number of hydrogen-bond donors (Lipinski definition) is 1. The van der Waals surface area contributed by atoms with E-state index in [4.69, 9.17) is 0 Å². The van der Waals surface area contributed by atoms with Crippen LogP contribution in [0.15, 0.2) is 36.5 Å². The number of benzene rings is 1. The van der Waals surface area contributed by atoms with Crippen LogP contribution in [0, 0.1) is 10.1 Å². The Hall–Kier alpha value is -2.64. The van der Waals surface area contributed by atoms with Gasteiger partial charge in [0.15, 0.2) is 5.75 Å². The van der Waals surface area contributed by atoms with Gasteiger partial charge in [0.1, 0.15) is 0 Å². The number of pyridine rings is 1. The lowest BCUT2D eigenvalue weighted by molar-refractivity contribution is -0.385. The monoisotopic (exact) mass is 284 g/mol. The maximum absolute atomic E-state index is 12.4. The van der Waals surface area contributed by atoms with Crippen molar-refractivity contribution < 1.29 is 23.2 Å². The maximum atomic E-state index is 12.4. The van der Waals surface area contributed by atoms with E-state index < -0.39 is 28.1 Å². The number of alkyl halides is 3. The van der Waals surface area contributed by atoms with Gasteiger partial charge in [-0.1, -0.05) is 0 Å². The second-order valence-corrected chi connectivity index (χ2v) is 3.89. The van der Waals surface area contributed by atoms with Crippen LogP contribution in [-0.2, 0) is 6.18 Å². The first-order valence-corrected chi connectivity index (χ1v) is 5.30. The molecule has 0 saturated carbocycles. The lowest BCUT2D eigenvalue weighted by Gasteiger charge is -2.07. The van der Waals surface area contributed by atoms with Gasteiger partial charge in [0.05, 0.1) is 16.2 Å². The van der Waals surface area contributed by atoms with Crippen molar-refractivity contribution in [2.75, 3.05) is 0 Å². The highest BCUT2D eigenvalue weighted by Crippen LogP contribution is 2.32. The van der Waals surface area contributed by atoms with E-state index in [9.17, 15) is 28.4 Å². The van der Waals surface area contributed by atoms with Gasteiger partial charge in [-0.15, -0.1) is 0 Å². The largest absolute Gasteiger partial charge is 0.502 e. The summed E-state index contributed by atoms with van der Waals surface area (Å²) in [4.78, 5) is 13.4. The number of nitro benzene ring substituents is 1. The SMILES string of the molecule is O=[N+]([O-])c1ccc(-c2ccc(C(F)(F)F)cn2)cc1O. The molecule has 104 valence electrons. The van der Waals surface area contributed by atoms with Gasteiger partial charge in [0.25, 0.3) is 0 Å². The molecule has 1 heterocycles. The molecule has 0 aliphatic heterocycles. The summed E-state index contributed by atoms with van der Waals surface area (Å²) in [7, 11) is 0. The van der Waals surface area contributed by atoms with Gasteiger partial charge in [0, 0.05) is 17.8 Å². The standard InChI is InChI=1S/C12H7F3N2O3/c13-12(14,15)8-2-3-9(16-6-8)7-1-4-10(17(19)20)11(18)5-7/h1-6,18H. The van der Waals surface area contributed by atoms with E-state index in [0.29, 0.717) is 6.20 Å². The van der Waals surface area contributed by atoms with Crippen molar-refractivity contribution in [2.45, 2.75) is 6.18 Å². The average Bonchev–Trinajstić information content (AvgIpc) is 2.37. The lowest BCUT2D eigenvalue weighted by atomic mass is 10.1. The Kier molecular flexibility index (Phi) is 3.31. The van der Waals surface area contributed by atoms with Crippen molar-refractivity contribution in [2.24, 2.45) is 0 Å². The van der Waals surface area contributed by atoms with E-state index >= 15 is 0 Å². The van der Waals surface area contributed by atoms with Gasteiger partial charge in [-0.3, -0.25) is 15.1 Å². The highest BCUT2D eigenvalue weighted by Gasteiger charge is 2.30. The van der Waals surface area contributed by atoms with Crippen LogP contribution < -0.4 is 0 Å². The van der Waals surface area contributed by atoms with E-state index in [1.807, 2.05) is 0 Å².